The van der Waals surface area contributed by atoms with Gasteiger partial charge in [0.05, 0.1) is 0 Å². The summed E-state index contributed by atoms with van der Waals surface area (Å²) in [6, 6.07) is 0. The van der Waals surface area contributed by atoms with Crippen LogP contribution in [0.15, 0.2) is 0 Å². The molecule has 0 aliphatic carbocycles. The monoisotopic (exact) mass is 418 g/mol. The van der Waals surface area contributed by atoms with Crippen LogP contribution in [0, 0.1) is 0 Å². The Labute approximate surface area is 193 Å². The van der Waals surface area contributed by atoms with Crippen LogP contribution < -0.4 is 68.9 Å². The van der Waals surface area contributed by atoms with Gasteiger partial charge in [-0.1, -0.05) is 96.8 Å². The summed E-state index contributed by atoms with van der Waals surface area (Å²) in [6.07, 6.45) is 20.2. The molecule has 0 aromatic rings. The van der Waals surface area contributed by atoms with Crippen LogP contribution in [0.25, 0.3) is 0 Å². The third-order valence-electron chi connectivity index (χ3n) is 3.99. The smallest absolute Gasteiger partial charge is 1.00 e. The van der Waals surface area contributed by atoms with Crippen LogP contribution in [0.1, 0.15) is 111 Å². The minimum atomic E-state index is -0.653. The van der Waals surface area contributed by atoms with E-state index in [2.05, 4.69) is 6.92 Å². The van der Waals surface area contributed by atoms with Gasteiger partial charge in [-0.15, -0.1) is 0 Å². The number of rotatable bonds is 16. The maximum absolute atomic E-state index is 10.3. The molecule has 0 fully saturated rings. The summed E-state index contributed by atoms with van der Waals surface area (Å²) >= 11 is 0. The quantitative estimate of drug-likeness (QED) is 0.390. The predicted octanol–water partition coefficient (Wildman–Crippen LogP) is 3.45. The molecule has 122 valence electrons. The number of aliphatic carboxylic acids is 1. The Morgan fingerprint density at radius 2 is 0.952 bits per heavy atom. The van der Waals surface area contributed by atoms with E-state index in [0.717, 1.165) is 12.8 Å². The van der Waals surface area contributed by atoms with Crippen molar-refractivity contribution in [3.63, 3.8) is 0 Å². The van der Waals surface area contributed by atoms with E-state index < -0.39 is 5.97 Å². The third kappa shape index (κ3) is 23.9. The first-order valence-electron chi connectivity index (χ1n) is 8.99. The number of hydrogen-bond acceptors (Lipinski definition) is 1. The number of carbonyl (C=O) groups is 1. The molecule has 0 spiro atoms. The van der Waals surface area contributed by atoms with Crippen LogP contribution in [-0.2, 0) is 4.79 Å². The van der Waals surface area contributed by atoms with Gasteiger partial charge in [-0.2, -0.15) is 0 Å². The molecular formula is C18H37CsO2. The van der Waals surface area contributed by atoms with E-state index in [9.17, 15) is 4.79 Å². The van der Waals surface area contributed by atoms with Crippen molar-refractivity contribution in [1.82, 2.24) is 0 Å². The molecule has 3 heteroatoms. The molecule has 1 N–H and O–H groups in total. The van der Waals surface area contributed by atoms with Crippen LogP contribution in [0.2, 0.25) is 0 Å². The zero-order valence-corrected chi connectivity index (χ0v) is 20.9. The fourth-order valence-corrected chi connectivity index (χ4v) is 2.65. The van der Waals surface area contributed by atoms with E-state index in [-0.39, 0.29) is 70.3 Å². The van der Waals surface area contributed by atoms with Crippen molar-refractivity contribution in [3.8, 4) is 0 Å². The number of hydrogen-bond donors (Lipinski definition) is 1. The molecule has 0 aliphatic rings. The second-order valence-electron chi connectivity index (χ2n) is 6.09. The molecule has 0 saturated carbocycles. The van der Waals surface area contributed by atoms with E-state index in [0.29, 0.717) is 6.42 Å². The van der Waals surface area contributed by atoms with Crippen LogP contribution in [0.5, 0.6) is 0 Å². The largest absolute Gasteiger partial charge is 1.00 e. The van der Waals surface area contributed by atoms with E-state index >= 15 is 0 Å². The maximum atomic E-state index is 10.3. The van der Waals surface area contributed by atoms with Gasteiger partial charge < -0.3 is 6.53 Å². The number of unbranched alkanes of at least 4 members (excludes halogenated alkanes) is 14. The third-order valence-corrected chi connectivity index (χ3v) is 3.99. The average molecular weight is 418 g/mol. The first-order chi connectivity index (χ1) is 9.77. The first kappa shape index (κ1) is 24.8. The molecule has 0 aliphatic heterocycles. The summed E-state index contributed by atoms with van der Waals surface area (Å²) in [6.45, 7) is 2.27. The SMILES string of the molecule is CCCCCCCCCCCCCCCCCC(=O)O.[Cs+].[H-]. The summed E-state index contributed by atoms with van der Waals surface area (Å²) < 4.78 is 0. The molecule has 0 unspecified atom stereocenters. The zero-order valence-electron chi connectivity index (χ0n) is 15.7. The molecule has 0 aromatic heterocycles. The van der Waals surface area contributed by atoms with E-state index in [1.807, 2.05) is 0 Å². The van der Waals surface area contributed by atoms with Gasteiger partial charge in [0.2, 0.25) is 0 Å². The summed E-state index contributed by atoms with van der Waals surface area (Å²) in [5, 5.41) is 8.52. The Bertz CT molecular complexity index is 213. The summed E-state index contributed by atoms with van der Waals surface area (Å²) in [7, 11) is 0. The second-order valence-corrected chi connectivity index (χ2v) is 6.09. The van der Waals surface area contributed by atoms with Crippen LogP contribution >= 0.6 is 0 Å². The second kappa shape index (κ2) is 21.5. The van der Waals surface area contributed by atoms with Crippen molar-refractivity contribution in [2.75, 3.05) is 0 Å². The molecule has 0 bridgehead atoms. The number of carboxylic acids is 1. The molecule has 0 saturated heterocycles. The molecule has 0 heterocycles. The number of carboxylic acid groups (broad SMARTS) is 1. The standard InChI is InChI=1S/C18H36O2.Cs.H/c1-2-3-4-5-6-7-8-9-10-11-12-13-14-15-16-17-18(19)20;;/h2-17H2,1H3,(H,19,20);;/q;+1;-1. The minimum absolute atomic E-state index is 0. The fraction of sp³-hybridized carbons (Fsp3) is 0.944. The molecular weight excluding hydrogens is 381 g/mol. The van der Waals surface area contributed by atoms with Crippen LogP contribution in [0.3, 0.4) is 0 Å². The first-order valence-corrected chi connectivity index (χ1v) is 8.99. The van der Waals surface area contributed by atoms with Crippen molar-refractivity contribution >= 4 is 5.97 Å². The average Bonchev–Trinajstić information content (AvgIpc) is 2.43. The van der Waals surface area contributed by atoms with Crippen molar-refractivity contribution in [2.24, 2.45) is 0 Å². The van der Waals surface area contributed by atoms with Crippen LogP contribution in [0.4, 0.5) is 0 Å². The van der Waals surface area contributed by atoms with Gasteiger partial charge in [-0.25, -0.2) is 0 Å². The van der Waals surface area contributed by atoms with Gasteiger partial charge in [0.1, 0.15) is 0 Å². The van der Waals surface area contributed by atoms with Gasteiger partial charge in [-0.05, 0) is 6.42 Å². The zero-order chi connectivity index (χ0) is 14.9. The Balaban J connectivity index is -0.00000180. The molecule has 0 amide bonds. The van der Waals surface area contributed by atoms with E-state index in [4.69, 9.17) is 5.11 Å². The Kier molecular flexibility index (Phi) is 25.4. The molecule has 21 heavy (non-hydrogen) atoms. The fourth-order valence-electron chi connectivity index (χ4n) is 2.65. The topological polar surface area (TPSA) is 37.3 Å². The summed E-state index contributed by atoms with van der Waals surface area (Å²) in [5.41, 5.74) is 0. The van der Waals surface area contributed by atoms with E-state index in [1.54, 1.807) is 0 Å². The van der Waals surface area contributed by atoms with Gasteiger partial charge in [-0.3, -0.25) is 4.79 Å². The van der Waals surface area contributed by atoms with Gasteiger partial charge >= 0.3 is 74.9 Å². The molecule has 0 atom stereocenters. The normalized spacial score (nSPS) is 10.3. The van der Waals surface area contributed by atoms with Crippen molar-refractivity contribution in [1.29, 1.82) is 0 Å². The Morgan fingerprint density at radius 3 is 1.24 bits per heavy atom. The Morgan fingerprint density at radius 1 is 0.667 bits per heavy atom. The summed E-state index contributed by atoms with van der Waals surface area (Å²) in [5.74, 6) is -0.653. The van der Waals surface area contributed by atoms with Crippen molar-refractivity contribution in [3.05, 3.63) is 0 Å². The minimum Gasteiger partial charge on any atom is -1.00 e. The van der Waals surface area contributed by atoms with Crippen molar-refractivity contribution in [2.45, 2.75) is 110 Å². The molecule has 0 aromatic carbocycles. The maximum Gasteiger partial charge on any atom is 1.00 e. The van der Waals surface area contributed by atoms with Crippen LogP contribution in [-0.4, -0.2) is 11.1 Å². The predicted molar refractivity (Wildman–Crippen MR) is 88.3 cm³/mol. The summed E-state index contributed by atoms with van der Waals surface area (Å²) in [4.78, 5) is 10.3. The van der Waals surface area contributed by atoms with Crippen molar-refractivity contribution < 1.29 is 80.2 Å². The molecule has 2 nitrogen and oxygen atoms in total. The van der Waals surface area contributed by atoms with E-state index in [1.165, 1.54) is 83.5 Å². The van der Waals surface area contributed by atoms with Gasteiger partial charge in [0, 0.05) is 6.42 Å². The Hall–Kier alpha value is 1.52. The van der Waals surface area contributed by atoms with Gasteiger partial charge in [0.15, 0.2) is 0 Å². The molecule has 0 radical (unpaired) electrons. The molecule has 0 rings (SSSR count). The van der Waals surface area contributed by atoms with Gasteiger partial charge in [0.25, 0.3) is 0 Å².